The van der Waals surface area contributed by atoms with Crippen molar-refractivity contribution in [1.29, 1.82) is 0 Å². The quantitative estimate of drug-likeness (QED) is 0.788. The Morgan fingerprint density at radius 3 is 2.62 bits per heavy atom. The molecule has 2 N–H and O–H groups in total. The van der Waals surface area contributed by atoms with Crippen molar-refractivity contribution in [3.05, 3.63) is 23.9 Å². The fourth-order valence-electron chi connectivity index (χ4n) is 1.64. The molecular formula is C12H20N2O2. The van der Waals surface area contributed by atoms with Gasteiger partial charge in [-0.2, -0.15) is 0 Å². The topological polar surface area (TPSA) is 56.6 Å². The fourth-order valence-corrected chi connectivity index (χ4v) is 1.64. The molecule has 0 unspecified atom stereocenters. The molecule has 1 aromatic rings. The third-order valence-corrected chi connectivity index (χ3v) is 2.30. The zero-order chi connectivity index (χ0) is 12.2. The van der Waals surface area contributed by atoms with Crippen LogP contribution in [-0.2, 0) is 6.61 Å². The Morgan fingerprint density at radius 2 is 2.12 bits per heavy atom. The number of aromatic nitrogens is 1. The van der Waals surface area contributed by atoms with E-state index < -0.39 is 5.60 Å². The first-order chi connectivity index (χ1) is 7.48. The van der Waals surface area contributed by atoms with Crippen molar-refractivity contribution >= 4 is 5.82 Å². The lowest BCUT2D eigenvalue weighted by Crippen LogP contribution is -2.39. The molecule has 0 aliphatic heterocycles. The number of hydrogen-bond donors (Lipinski definition) is 2. The maximum Gasteiger partial charge on any atom is 0.134 e. The predicted octanol–water partition coefficient (Wildman–Crippen LogP) is 1.17. The van der Waals surface area contributed by atoms with Crippen molar-refractivity contribution in [2.75, 3.05) is 18.0 Å². The Hall–Kier alpha value is -1.13. The molecule has 0 aliphatic carbocycles. The molecule has 16 heavy (non-hydrogen) atoms. The van der Waals surface area contributed by atoms with Crippen molar-refractivity contribution in [3.63, 3.8) is 0 Å². The number of nitrogens with zero attached hydrogens (tertiary/aromatic N) is 2. The fraction of sp³-hybridized carbons (Fsp3) is 0.583. The molecule has 0 radical (unpaired) electrons. The smallest absolute Gasteiger partial charge is 0.134 e. The number of aliphatic hydroxyl groups excluding tert-OH is 1. The number of likely N-dealkylation sites (N-methyl/N-ethyl adjacent to an activating group) is 1. The Bertz CT molecular complexity index is 334. The van der Waals surface area contributed by atoms with Crippen molar-refractivity contribution in [1.82, 2.24) is 4.98 Å². The lowest BCUT2D eigenvalue weighted by molar-refractivity contribution is 0.0873. The number of hydrogen-bond acceptors (Lipinski definition) is 4. The minimum Gasteiger partial charge on any atom is -0.392 e. The number of aliphatic hydroxyl groups is 2. The van der Waals surface area contributed by atoms with Crippen LogP contribution in [0.25, 0.3) is 0 Å². The van der Waals surface area contributed by atoms with Crippen molar-refractivity contribution in [3.8, 4) is 0 Å². The van der Waals surface area contributed by atoms with Crippen molar-refractivity contribution in [2.24, 2.45) is 0 Å². The summed E-state index contributed by atoms with van der Waals surface area (Å²) in [6.45, 7) is 6.73. The summed E-state index contributed by atoms with van der Waals surface area (Å²) in [6.07, 6.45) is 1.70. The molecule has 4 nitrogen and oxygen atoms in total. The summed E-state index contributed by atoms with van der Waals surface area (Å²) in [5.41, 5.74) is 0.00822. The van der Waals surface area contributed by atoms with Crippen molar-refractivity contribution < 1.29 is 10.2 Å². The summed E-state index contributed by atoms with van der Waals surface area (Å²) in [5, 5.41) is 19.0. The van der Waals surface area contributed by atoms with Crippen LogP contribution >= 0.6 is 0 Å². The molecule has 1 aromatic heterocycles. The second-order valence-corrected chi connectivity index (χ2v) is 4.47. The Morgan fingerprint density at radius 1 is 1.44 bits per heavy atom. The highest BCUT2D eigenvalue weighted by Gasteiger charge is 2.19. The van der Waals surface area contributed by atoms with Gasteiger partial charge < -0.3 is 15.1 Å². The van der Waals surface area contributed by atoms with Crippen molar-refractivity contribution in [2.45, 2.75) is 33.0 Å². The molecule has 0 bridgehead atoms. The molecule has 0 spiro atoms. The zero-order valence-electron chi connectivity index (χ0n) is 10.1. The van der Waals surface area contributed by atoms with Crippen LogP contribution in [0.15, 0.2) is 18.3 Å². The summed E-state index contributed by atoms with van der Waals surface area (Å²) in [6, 6.07) is 3.64. The van der Waals surface area contributed by atoms with Gasteiger partial charge in [0.15, 0.2) is 0 Å². The van der Waals surface area contributed by atoms with E-state index in [1.807, 2.05) is 17.9 Å². The van der Waals surface area contributed by atoms with E-state index in [9.17, 15) is 10.2 Å². The Kier molecular flexibility index (Phi) is 4.26. The van der Waals surface area contributed by atoms with Crippen LogP contribution < -0.4 is 4.90 Å². The van der Waals surface area contributed by atoms with Gasteiger partial charge in [0.1, 0.15) is 5.82 Å². The molecule has 4 heteroatoms. The highest BCUT2D eigenvalue weighted by molar-refractivity contribution is 5.46. The lowest BCUT2D eigenvalue weighted by Gasteiger charge is -2.30. The first-order valence-electron chi connectivity index (χ1n) is 5.50. The van der Waals surface area contributed by atoms with Gasteiger partial charge >= 0.3 is 0 Å². The summed E-state index contributed by atoms with van der Waals surface area (Å²) >= 11 is 0. The Balaban J connectivity index is 2.94. The molecule has 0 atom stereocenters. The monoisotopic (exact) mass is 224 g/mol. The number of anilines is 1. The third-order valence-electron chi connectivity index (χ3n) is 2.30. The normalized spacial score (nSPS) is 11.6. The first-order valence-corrected chi connectivity index (χ1v) is 5.50. The minimum atomic E-state index is -0.778. The van der Waals surface area contributed by atoms with Gasteiger partial charge in [0.05, 0.1) is 12.2 Å². The summed E-state index contributed by atoms with van der Waals surface area (Å²) in [5.74, 6) is 0.745. The minimum absolute atomic E-state index is 0.0362. The maximum absolute atomic E-state index is 9.81. The van der Waals surface area contributed by atoms with Gasteiger partial charge in [-0.25, -0.2) is 4.98 Å². The average molecular weight is 224 g/mol. The number of rotatable bonds is 5. The molecule has 0 saturated carbocycles. The van der Waals surface area contributed by atoms with Gasteiger partial charge in [0, 0.05) is 24.8 Å². The zero-order valence-corrected chi connectivity index (χ0v) is 10.1. The highest BCUT2D eigenvalue weighted by atomic mass is 16.3. The van der Waals surface area contributed by atoms with Crippen LogP contribution in [0.5, 0.6) is 0 Å². The average Bonchev–Trinajstić information content (AvgIpc) is 2.24. The maximum atomic E-state index is 9.81. The molecule has 1 heterocycles. The SMILES string of the molecule is CCN(CC(C)(C)O)c1ncccc1CO. The summed E-state index contributed by atoms with van der Waals surface area (Å²) in [4.78, 5) is 6.22. The second kappa shape index (κ2) is 5.27. The lowest BCUT2D eigenvalue weighted by atomic mass is 10.1. The van der Waals surface area contributed by atoms with Crippen LogP contribution in [0.4, 0.5) is 5.82 Å². The molecule has 0 saturated heterocycles. The van der Waals surface area contributed by atoms with E-state index in [2.05, 4.69) is 4.98 Å². The van der Waals surface area contributed by atoms with Crippen LogP contribution in [0.1, 0.15) is 26.3 Å². The van der Waals surface area contributed by atoms with Crippen LogP contribution in [-0.4, -0.2) is 33.9 Å². The van der Waals surface area contributed by atoms with Gasteiger partial charge in [-0.3, -0.25) is 0 Å². The van der Waals surface area contributed by atoms with E-state index in [1.54, 1.807) is 26.1 Å². The summed E-state index contributed by atoms with van der Waals surface area (Å²) < 4.78 is 0. The van der Waals surface area contributed by atoms with Gasteiger partial charge in [-0.1, -0.05) is 6.07 Å². The van der Waals surface area contributed by atoms with E-state index in [4.69, 9.17) is 0 Å². The molecule has 0 aliphatic rings. The Labute approximate surface area is 96.6 Å². The molecule has 90 valence electrons. The largest absolute Gasteiger partial charge is 0.392 e. The van der Waals surface area contributed by atoms with Gasteiger partial charge in [0.2, 0.25) is 0 Å². The van der Waals surface area contributed by atoms with Gasteiger partial charge in [-0.15, -0.1) is 0 Å². The summed E-state index contributed by atoms with van der Waals surface area (Å²) in [7, 11) is 0. The molecular weight excluding hydrogens is 204 g/mol. The first kappa shape index (κ1) is 12.9. The van der Waals surface area contributed by atoms with Crippen LogP contribution in [0.3, 0.4) is 0 Å². The van der Waals surface area contributed by atoms with E-state index in [0.717, 1.165) is 17.9 Å². The van der Waals surface area contributed by atoms with E-state index in [0.29, 0.717) is 6.54 Å². The van der Waals surface area contributed by atoms with Gasteiger partial charge in [-0.05, 0) is 26.8 Å². The van der Waals surface area contributed by atoms with Crippen LogP contribution in [0.2, 0.25) is 0 Å². The molecule has 0 amide bonds. The van der Waals surface area contributed by atoms with Gasteiger partial charge in [0.25, 0.3) is 0 Å². The predicted molar refractivity (Wildman–Crippen MR) is 64.3 cm³/mol. The van der Waals surface area contributed by atoms with E-state index in [-0.39, 0.29) is 6.61 Å². The van der Waals surface area contributed by atoms with E-state index >= 15 is 0 Å². The number of pyridine rings is 1. The molecule has 1 rings (SSSR count). The third kappa shape index (κ3) is 3.47. The highest BCUT2D eigenvalue weighted by Crippen LogP contribution is 2.19. The molecule has 0 fully saturated rings. The van der Waals surface area contributed by atoms with E-state index in [1.165, 1.54) is 0 Å². The second-order valence-electron chi connectivity index (χ2n) is 4.47. The standard InChI is InChI=1S/C12H20N2O2/c1-4-14(9-12(2,3)16)11-10(8-15)6-5-7-13-11/h5-7,15-16H,4,8-9H2,1-3H3. The molecule has 0 aromatic carbocycles. The van der Waals surface area contributed by atoms with Crippen LogP contribution in [0, 0.1) is 0 Å².